The lowest BCUT2D eigenvalue weighted by Gasteiger charge is -2.45. The minimum Gasteiger partial charge on any atom is -0.480 e. The van der Waals surface area contributed by atoms with Gasteiger partial charge in [-0.05, 0) is 207 Å². The summed E-state index contributed by atoms with van der Waals surface area (Å²) < 4.78 is 92.4. The van der Waals surface area contributed by atoms with Gasteiger partial charge in [0.05, 0.1) is 60.6 Å². The number of fused-ring (bicyclic) bond motifs is 4. The van der Waals surface area contributed by atoms with E-state index in [1.807, 2.05) is 177 Å². The highest BCUT2D eigenvalue weighted by Gasteiger charge is 2.56. The summed E-state index contributed by atoms with van der Waals surface area (Å²) in [5.41, 5.74) is 2.74. The van der Waals surface area contributed by atoms with Crippen molar-refractivity contribution in [2.24, 2.45) is 17.8 Å². The van der Waals surface area contributed by atoms with Gasteiger partial charge < -0.3 is 56.3 Å². The van der Waals surface area contributed by atoms with E-state index in [4.69, 9.17) is 14.2 Å². The first-order valence-corrected chi connectivity index (χ1v) is 41.9. The number of carbonyl (C=O) groups excluding carboxylic acids is 11. The summed E-state index contributed by atoms with van der Waals surface area (Å²) in [6.07, 6.45) is -9.34. The van der Waals surface area contributed by atoms with Gasteiger partial charge in [-0.15, -0.1) is 0 Å². The van der Waals surface area contributed by atoms with Crippen molar-refractivity contribution in [1.29, 1.82) is 0 Å². The summed E-state index contributed by atoms with van der Waals surface area (Å²) in [4.78, 5) is 168. The van der Waals surface area contributed by atoms with Gasteiger partial charge in [-0.1, -0.05) is 192 Å². The van der Waals surface area contributed by atoms with Crippen molar-refractivity contribution in [2.45, 2.75) is 177 Å². The third-order valence-electron chi connectivity index (χ3n) is 22.1. The SMILES string of the molecule is C.C.C.C[C@@H](NC(=O)N1C(=O)[C@H](Cc2ccnc(N(C(=O)OC(C)(C)C)C(=O)OC(C)(C)C)c2)[C@H]1C(=O)O)c1cccc2ccccc12.C[C@@H](NC(=O)N1C(=O)[C@H](Cc2ccnc(NC(=O)C(F)(F)F)c2)[C@H]1CO)c1cccc2ccccc12.C[C@@H](NC(=O)OC[C@@H]1[C@@H](Cc2ccnc(NC(=O)C(F)(F)F)c2)C(=O)N1C(=O)N[C@H](C)c1cccc2ccccc12)c1cccc2ccccc12. The van der Waals surface area contributed by atoms with Crippen molar-refractivity contribution in [3.8, 4) is 0 Å². The van der Waals surface area contributed by atoms with Gasteiger partial charge in [-0.3, -0.25) is 33.8 Å². The second kappa shape index (κ2) is 43.6. The number of benzene rings is 8. The quantitative estimate of drug-likeness (QED) is 0.0188. The molecule has 0 spiro atoms. The highest BCUT2D eigenvalue weighted by atomic mass is 19.4. The predicted molar refractivity (Wildman–Crippen MR) is 495 cm³/mol. The summed E-state index contributed by atoms with van der Waals surface area (Å²) in [5, 5.41) is 42.2. The molecular formula is C99H107F6N13O17. The number of likely N-dealkylation sites (tertiary alicyclic amines) is 3. The van der Waals surface area contributed by atoms with Crippen LogP contribution in [-0.2, 0) is 62.2 Å². The van der Waals surface area contributed by atoms with Crippen LogP contribution in [-0.4, -0.2) is 167 Å². The Labute approximate surface area is 774 Å². The Morgan fingerprint density at radius 3 is 1.08 bits per heavy atom. The number of β-lactam (4-membered cyclic amide) rings is 3. The highest BCUT2D eigenvalue weighted by Crippen LogP contribution is 2.38. The number of carboxylic acids is 1. The van der Waals surface area contributed by atoms with Gasteiger partial charge >= 0.3 is 66.5 Å². The molecule has 14 rings (SSSR count). The molecule has 0 radical (unpaired) electrons. The number of alkyl carbamates (subject to hydrolysis) is 1. The highest BCUT2D eigenvalue weighted by molar-refractivity contribution is 6.10. The number of halogens is 6. The Morgan fingerprint density at radius 1 is 0.415 bits per heavy atom. The van der Waals surface area contributed by atoms with Crippen LogP contribution < -0.4 is 36.8 Å². The maximum absolute atomic E-state index is 13.6. The average Bonchev–Trinajstić information content (AvgIpc) is 0.693. The van der Waals surface area contributed by atoms with Gasteiger partial charge in [-0.2, -0.15) is 31.2 Å². The number of nitrogens with zero attached hydrogens (tertiary/aromatic N) is 7. The average molecular weight is 1870 g/mol. The predicted octanol–water partition coefficient (Wildman–Crippen LogP) is 18.5. The van der Waals surface area contributed by atoms with Gasteiger partial charge in [0.1, 0.15) is 35.3 Å². The number of carbonyl (C=O) groups is 12. The van der Waals surface area contributed by atoms with Crippen molar-refractivity contribution >= 4 is 132 Å². The molecule has 10 atom stereocenters. The standard InChI is InChI=1S/C38H34F3N5O5.C33H38N4O8.C25H23F3N4O4.3CH4/c1-22(27-15-7-11-25-9-3-5-13-29(25)27)43-36(49)46-32(21-51-37(50)44-23(2)28-16-8-12-26-10-4-6-14-30(26)28)31(34(46)47)19-24-17-18-42-33(20-24)45-35(48)38(39,40)41;1-19(22-14-10-12-21-11-8-9-13-23(21)22)35-29(41)37-26(28(39)40)24(27(37)38)17-20-15-16-34-25(18-20)36(30(42)44-32(2,3)4)31(43)45-33(5,6)7;1-14(17-8-4-6-16-5-2-3-7-18(16)17)30-24(36)32-20(13-33)19(22(32)34)11-15-9-10-29-21(12-15)31-23(35)25(26,27)28;;;/h3-18,20,22-23,31-32H,19,21H2,1-2H3,(H,43,49)(H,44,50)(H,42,45,48);8-16,18-19,24,26H,17H2,1-7H3,(H,35,41)(H,39,40);2-10,12,14,19-20,33H,11,13H2,1H3,(H,30,36)(H,29,31,35);3*1H4/t22-,23-,31-,32-;19-,24-,26+;14-,19-,20-;;;/m111.../s1. The molecule has 3 fully saturated rings. The molecular weight excluding hydrogens is 1760 g/mol. The maximum Gasteiger partial charge on any atom is 0.471 e. The Bertz CT molecular complexity index is 6200. The molecule has 0 bridgehead atoms. The molecule has 0 saturated carbocycles. The number of nitrogens with one attached hydrogen (secondary N) is 6. The molecule has 135 heavy (non-hydrogen) atoms. The molecule has 14 amide bonds. The number of pyridine rings is 3. The topological polar surface area (TPSA) is 397 Å². The van der Waals surface area contributed by atoms with E-state index in [1.54, 1.807) is 72.9 Å². The Hall–Kier alpha value is -15.0. The number of aliphatic hydroxyl groups is 1. The zero-order valence-corrected chi connectivity index (χ0v) is 73.1. The van der Waals surface area contributed by atoms with Crippen molar-refractivity contribution in [3.05, 3.63) is 264 Å². The van der Waals surface area contributed by atoms with E-state index in [0.717, 1.165) is 75.1 Å². The van der Waals surface area contributed by atoms with Crippen LogP contribution in [0.5, 0.6) is 0 Å². The molecule has 3 saturated heterocycles. The zero-order chi connectivity index (χ0) is 95.6. The van der Waals surface area contributed by atoms with Crippen LogP contribution in [0.3, 0.4) is 0 Å². The number of rotatable bonds is 21. The Balaban J connectivity index is 0.000000228. The molecule has 30 nitrogen and oxygen atoms in total. The number of amides is 14. The van der Waals surface area contributed by atoms with Crippen LogP contribution in [0.1, 0.15) is 155 Å². The summed E-state index contributed by atoms with van der Waals surface area (Å²) in [6.45, 7) is 16.2. The van der Waals surface area contributed by atoms with Crippen molar-refractivity contribution in [3.63, 3.8) is 0 Å². The molecule has 36 heteroatoms. The van der Waals surface area contributed by atoms with E-state index in [1.165, 1.54) is 55.0 Å². The number of aliphatic carboxylic acids is 1. The maximum atomic E-state index is 13.6. The zero-order valence-electron chi connectivity index (χ0n) is 73.1. The molecule has 3 aliphatic rings. The molecule has 0 aliphatic carbocycles. The summed E-state index contributed by atoms with van der Waals surface area (Å²) in [7, 11) is 0. The Morgan fingerprint density at radius 2 is 0.726 bits per heavy atom. The Kier molecular flexibility index (Phi) is 33.5. The molecule has 6 heterocycles. The first-order chi connectivity index (χ1) is 62.5. The third kappa shape index (κ3) is 24.9. The molecule has 712 valence electrons. The molecule has 0 unspecified atom stereocenters. The van der Waals surface area contributed by atoms with E-state index >= 15 is 0 Å². The number of carboxylic acid groups (broad SMARTS) is 1. The number of alkyl halides is 6. The van der Waals surface area contributed by atoms with E-state index in [9.17, 15) is 94.1 Å². The van der Waals surface area contributed by atoms with E-state index < -0.39 is 162 Å². The van der Waals surface area contributed by atoms with Crippen molar-refractivity contribution < 1.29 is 108 Å². The smallest absolute Gasteiger partial charge is 0.471 e. The summed E-state index contributed by atoms with van der Waals surface area (Å²) in [5.74, 6) is -11.0. The second-order valence-corrected chi connectivity index (χ2v) is 33.7. The van der Waals surface area contributed by atoms with Crippen LogP contribution in [0, 0.1) is 17.8 Å². The van der Waals surface area contributed by atoms with Crippen molar-refractivity contribution in [2.75, 3.05) is 28.7 Å². The van der Waals surface area contributed by atoms with Crippen LogP contribution in [0.2, 0.25) is 0 Å². The lowest BCUT2D eigenvalue weighted by Crippen LogP contribution is -2.68. The largest absolute Gasteiger partial charge is 0.480 e. The minimum atomic E-state index is -5.12. The van der Waals surface area contributed by atoms with Gasteiger partial charge in [-0.25, -0.2) is 53.4 Å². The van der Waals surface area contributed by atoms with Gasteiger partial charge in [0, 0.05) is 18.6 Å². The van der Waals surface area contributed by atoms with E-state index in [2.05, 4.69) is 36.2 Å². The van der Waals surface area contributed by atoms with Crippen molar-refractivity contribution in [1.82, 2.24) is 50.9 Å². The summed E-state index contributed by atoms with van der Waals surface area (Å²) >= 11 is 0. The molecule has 3 aromatic heterocycles. The fourth-order valence-electron chi connectivity index (χ4n) is 15.8. The van der Waals surface area contributed by atoms with Crippen LogP contribution in [0.25, 0.3) is 43.1 Å². The lowest BCUT2D eigenvalue weighted by molar-refractivity contribution is -0.167. The monoisotopic (exact) mass is 1860 g/mol. The molecule has 8 N–H and O–H groups in total. The fourth-order valence-corrected chi connectivity index (χ4v) is 15.8. The molecule has 8 aromatic carbocycles. The number of aliphatic hydroxyl groups excluding tert-OH is 1. The number of urea groups is 3. The summed E-state index contributed by atoms with van der Waals surface area (Å²) in [6, 6.07) is 54.8. The minimum absolute atomic E-state index is 0. The lowest BCUT2D eigenvalue weighted by atomic mass is 9.82. The van der Waals surface area contributed by atoms with Crippen LogP contribution >= 0.6 is 0 Å². The molecule has 3 aliphatic heterocycles. The number of ether oxygens (including phenoxy) is 3. The van der Waals surface area contributed by atoms with Gasteiger partial charge in [0.2, 0.25) is 17.7 Å². The van der Waals surface area contributed by atoms with Gasteiger partial charge in [0.15, 0.2) is 6.04 Å². The number of hydrogen-bond donors (Lipinski definition) is 8. The molecule has 11 aromatic rings. The number of hydrogen-bond acceptors (Lipinski definition) is 19. The number of imide groups is 4. The van der Waals surface area contributed by atoms with E-state index in [-0.39, 0.29) is 65.6 Å². The number of anilines is 3. The normalized spacial score (nSPS) is 17.1. The van der Waals surface area contributed by atoms with E-state index in [0.29, 0.717) is 26.5 Å². The second-order valence-electron chi connectivity index (χ2n) is 33.7. The third-order valence-corrected chi connectivity index (χ3v) is 22.1. The fraction of sp³-hybridized carbons (Fsp3) is 0.323. The van der Waals surface area contributed by atoms with Gasteiger partial charge in [0.25, 0.3) is 0 Å². The van der Waals surface area contributed by atoms with Crippen LogP contribution in [0.15, 0.2) is 225 Å². The first kappa shape index (κ1) is 104. The van der Waals surface area contributed by atoms with Crippen LogP contribution in [0.4, 0.5) is 72.6 Å². The first-order valence-electron chi connectivity index (χ1n) is 41.9. The number of aromatic nitrogens is 3.